The van der Waals surface area contributed by atoms with E-state index in [0.29, 0.717) is 23.6 Å². The van der Waals surface area contributed by atoms with E-state index in [9.17, 15) is 4.79 Å². The van der Waals surface area contributed by atoms with Crippen molar-refractivity contribution in [2.24, 2.45) is 0 Å². The maximum atomic E-state index is 11.9. The van der Waals surface area contributed by atoms with Crippen molar-refractivity contribution in [1.82, 2.24) is 4.98 Å². The predicted octanol–water partition coefficient (Wildman–Crippen LogP) is 2.61. The standard InChI is InChI=1S/C15H17N3O2/c1-3-18(12-7-5-4-6-8-12)14-13(15(19)20-2)9-11(16)10-17-14/h4-10H,3,16H2,1-2H3. The van der Waals surface area contributed by atoms with E-state index in [1.165, 1.54) is 13.3 Å². The van der Waals surface area contributed by atoms with Crippen LogP contribution in [0.15, 0.2) is 42.6 Å². The van der Waals surface area contributed by atoms with E-state index in [1.54, 1.807) is 6.07 Å². The summed E-state index contributed by atoms with van der Waals surface area (Å²) < 4.78 is 4.80. The van der Waals surface area contributed by atoms with Gasteiger partial charge in [0.1, 0.15) is 11.4 Å². The van der Waals surface area contributed by atoms with Crippen LogP contribution in [-0.2, 0) is 4.74 Å². The van der Waals surface area contributed by atoms with E-state index in [4.69, 9.17) is 10.5 Å². The summed E-state index contributed by atoms with van der Waals surface area (Å²) in [6.45, 7) is 2.66. The van der Waals surface area contributed by atoms with Gasteiger partial charge in [-0.25, -0.2) is 9.78 Å². The molecule has 1 aromatic carbocycles. The topological polar surface area (TPSA) is 68.5 Å². The molecule has 2 rings (SSSR count). The zero-order valence-electron chi connectivity index (χ0n) is 11.5. The predicted molar refractivity (Wildman–Crippen MR) is 79.1 cm³/mol. The number of carbonyl (C=O) groups excluding carboxylic acids is 1. The number of nitrogen functional groups attached to an aromatic ring is 1. The maximum Gasteiger partial charge on any atom is 0.341 e. The number of carbonyl (C=O) groups is 1. The summed E-state index contributed by atoms with van der Waals surface area (Å²) >= 11 is 0. The molecule has 5 heteroatoms. The van der Waals surface area contributed by atoms with Gasteiger partial charge in [-0.05, 0) is 25.1 Å². The number of aromatic nitrogens is 1. The highest BCUT2D eigenvalue weighted by atomic mass is 16.5. The van der Waals surface area contributed by atoms with E-state index < -0.39 is 5.97 Å². The Morgan fingerprint density at radius 3 is 2.65 bits per heavy atom. The second-order valence-corrected chi connectivity index (χ2v) is 4.21. The third-order valence-corrected chi connectivity index (χ3v) is 2.93. The lowest BCUT2D eigenvalue weighted by molar-refractivity contribution is 0.0601. The third-order valence-electron chi connectivity index (χ3n) is 2.93. The van der Waals surface area contributed by atoms with Crippen LogP contribution in [0.4, 0.5) is 17.2 Å². The van der Waals surface area contributed by atoms with Crippen molar-refractivity contribution >= 4 is 23.2 Å². The molecule has 0 atom stereocenters. The highest BCUT2D eigenvalue weighted by molar-refractivity contribution is 5.96. The molecule has 0 unspecified atom stereocenters. The third kappa shape index (κ3) is 2.71. The van der Waals surface area contributed by atoms with Crippen molar-refractivity contribution in [1.29, 1.82) is 0 Å². The minimum atomic E-state index is -0.450. The van der Waals surface area contributed by atoms with E-state index in [1.807, 2.05) is 42.2 Å². The van der Waals surface area contributed by atoms with E-state index in [-0.39, 0.29) is 0 Å². The number of ether oxygens (including phenoxy) is 1. The Labute approximate surface area is 118 Å². The zero-order chi connectivity index (χ0) is 14.5. The van der Waals surface area contributed by atoms with E-state index in [2.05, 4.69) is 4.98 Å². The largest absolute Gasteiger partial charge is 0.465 e. The second kappa shape index (κ2) is 6.06. The fourth-order valence-electron chi connectivity index (χ4n) is 2.01. The number of pyridine rings is 1. The number of para-hydroxylation sites is 1. The number of nitrogens with two attached hydrogens (primary N) is 1. The molecule has 0 aliphatic rings. The Hall–Kier alpha value is -2.56. The maximum absolute atomic E-state index is 11.9. The minimum absolute atomic E-state index is 0.359. The van der Waals surface area contributed by atoms with Gasteiger partial charge in [0.15, 0.2) is 0 Å². The van der Waals surface area contributed by atoms with Crippen molar-refractivity contribution in [3.05, 3.63) is 48.2 Å². The molecule has 5 nitrogen and oxygen atoms in total. The van der Waals surface area contributed by atoms with Gasteiger partial charge in [-0.1, -0.05) is 18.2 Å². The van der Waals surface area contributed by atoms with Gasteiger partial charge in [-0.3, -0.25) is 0 Å². The molecule has 0 bridgehead atoms. The molecule has 0 amide bonds. The van der Waals surface area contributed by atoms with E-state index >= 15 is 0 Å². The molecule has 0 aliphatic heterocycles. The summed E-state index contributed by atoms with van der Waals surface area (Å²) in [5.41, 5.74) is 7.46. The highest BCUT2D eigenvalue weighted by Crippen LogP contribution is 2.27. The summed E-state index contributed by atoms with van der Waals surface area (Å²) in [4.78, 5) is 18.1. The van der Waals surface area contributed by atoms with Gasteiger partial charge in [-0.2, -0.15) is 0 Å². The summed E-state index contributed by atoms with van der Waals surface area (Å²) in [5.74, 6) is 0.0916. The fourth-order valence-corrected chi connectivity index (χ4v) is 2.01. The van der Waals surface area contributed by atoms with Crippen LogP contribution in [0.1, 0.15) is 17.3 Å². The quantitative estimate of drug-likeness (QED) is 0.866. The summed E-state index contributed by atoms with van der Waals surface area (Å²) in [6, 6.07) is 11.3. The number of hydrogen-bond acceptors (Lipinski definition) is 5. The van der Waals surface area contributed by atoms with Crippen molar-refractivity contribution in [2.45, 2.75) is 6.92 Å². The number of benzene rings is 1. The molecular formula is C15H17N3O2. The van der Waals surface area contributed by atoms with Gasteiger partial charge in [0, 0.05) is 12.2 Å². The van der Waals surface area contributed by atoms with Crippen LogP contribution >= 0.6 is 0 Å². The van der Waals surface area contributed by atoms with Crippen molar-refractivity contribution in [3.63, 3.8) is 0 Å². The number of esters is 1. The first-order valence-electron chi connectivity index (χ1n) is 6.33. The molecule has 1 aromatic heterocycles. The van der Waals surface area contributed by atoms with Crippen LogP contribution < -0.4 is 10.6 Å². The first-order valence-corrected chi connectivity index (χ1v) is 6.33. The average Bonchev–Trinajstić information content (AvgIpc) is 2.49. The van der Waals surface area contributed by atoms with Gasteiger partial charge in [0.05, 0.1) is 19.0 Å². The van der Waals surface area contributed by atoms with Crippen LogP contribution in [0.2, 0.25) is 0 Å². The monoisotopic (exact) mass is 271 g/mol. The Morgan fingerprint density at radius 1 is 1.35 bits per heavy atom. The lowest BCUT2D eigenvalue weighted by Gasteiger charge is -2.24. The second-order valence-electron chi connectivity index (χ2n) is 4.21. The molecule has 104 valence electrons. The molecule has 2 aromatic rings. The van der Waals surface area contributed by atoms with Crippen molar-refractivity contribution < 1.29 is 9.53 Å². The SMILES string of the molecule is CCN(c1ccccc1)c1ncc(N)cc1C(=O)OC. The zero-order valence-corrected chi connectivity index (χ0v) is 11.5. The summed E-state index contributed by atoms with van der Waals surface area (Å²) in [6.07, 6.45) is 1.54. The molecule has 1 heterocycles. The fraction of sp³-hybridized carbons (Fsp3) is 0.200. The highest BCUT2D eigenvalue weighted by Gasteiger charge is 2.19. The number of methoxy groups -OCH3 is 1. The van der Waals surface area contributed by atoms with Crippen molar-refractivity contribution in [2.75, 3.05) is 24.3 Å². The first kappa shape index (κ1) is 13.9. The van der Waals surface area contributed by atoms with Crippen LogP contribution in [0, 0.1) is 0 Å². The summed E-state index contributed by atoms with van der Waals surface area (Å²) in [5, 5.41) is 0. The van der Waals surface area contributed by atoms with Gasteiger partial charge in [0.2, 0.25) is 0 Å². The van der Waals surface area contributed by atoms with Crippen LogP contribution in [-0.4, -0.2) is 24.6 Å². The molecule has 0 saturated heterocycles. The minimum Gasteiger partial charge on any atom is -0.465 e. The first-order chi connectivity index (χ1) is 9.67. The van der Waals surface area contributed by atoms with Gasteiger partial charge < -0.3 is 15.4 Å². The molecule has 2 N–H and O–H groups in total. The Balaban J connectivity index is 2.52. The normalized spacial score (nSPS) is 10.1. The Bertz CT molecular complexity index is 599. The molecule has 0 aliphatic carbocycles. The van der Waals surface area contributed by atoms with E-state index in [0.717, 1.165) is 5.69 Å². The van der Waals surface area contributed by atoms with Crippen LogP contribution in [0.5, 0.6) is 0 Å². The molecule has 20 heavy (non-hydrogen) atoms. The number of nitrogens with zero attached hydrogens (tertiary/aromatic N) is 2. The molecular weight excluding hydrogens is 254 g/mol. The number of hydrogen-bond donors (Lipinski definition) is 1. The van der Waals surface area contributed by atoms with Gasteiger partial charge >= 0.3 is 5.97 Å². The van der Waals surface area contributed by atoms with Gasteiger partial charge in [0.25, 0.3) is 0 Å². The van der Waals surface area contributed by atoms with Crippen molar-refractivity contribution in [3.8, 4) is 0 Å². The summed E-state index contributed by atoms with van der Waals surface area (Å²) in [7, 11) is 1.34. The molecule has 0 spiro atoms. The smallest absolute Gasteiger partial charge is 0.341 e. The lowest BCUT2D eigenvalue weighted by atomic mass is 10.2. The number of anilines is 3. The average molecular weight is 271 g/mol. The Kier molecular flexibility index (Phi) is 4.20. The Morgan fingerprint density at radius 2 is 2.05 bits per heavy atom. The van der Waals surface area contributed by atoms with Crippen LogP contribution in [0.3, 0.4) is 0 Å². The molecule has 0 radical (unpaired) electrons. The molecule has 0 fully saturated rings. The van der Waals surface area contributed by atoms with Gasteiger partial charge in [-0.15, -0.1) is 0 Å². The lowest BCUT2D eigenvalue weighted by Crippen LogP contribution is -2.21. The molecule has 0 saturated carbocycles. The van der Waals surface area contributed by atoms with Crippen LogP contribution in [0.25, 0.3) is 0 Å². The number of rotatable bonds is 4.